The first kappa shape index (κ1) is 19.1. The van der Waals surface area contributed by atoms with E-state index in [0.717, 1.165) is 28.7 Å². The maximum atomic E-state index is 6.19. The van der Waals surface area contributed by atoms with Gasteiger partial charge in [-0.2, -0.15) is 0 Å². The van der Waals surface area contributed by atoms with Crippen LogP contribution in [0.25, 0.3) is 11.0 Å². The zero-order chi connectivity index (χ0) is 20.5. The number of aromatic nitrogens is 3. The highest BCUT2D eigenvalue weighted by atomic mass is 16.5. The van der Waals surface area contributed by atoms with Crippen LogP contribution >= 0.6 is 0 Å². The lowest BCUT2D eigenvalue weighted by Gasteiger charge is -2.41. The average Bonchev–Trinajstić information content (AvgIpc) is 3.04. The van der Waals surface area contributed by atoms with Crippen LogP contribution < -0.4 is 20.5 Å². The Hall–Kier alpha value is -3.24. The molecule has 0 bridgehead atoms. The van der Waals surface area contributed by atoms with Crippen molar-refractivity contribution in [2.75, 3.05) is 26.5 Å². The number of benzene rings is 1. The molecule has 3 heterocycles. The third-order valence-electron chi connectivity index (χ3n) is 5.24. The summed E-state index contributed by atoms with van der Waals surface area (Å²) in [5.41, 5.74) is 8.59. The van der Waals surface area contributed by atoms with Crippen molar-refractivity contribution in [2.24, 2.45) is 0 Å². The van der Waals surface area contributed by atoms with Gasteiger partial charge in [0.1, 0.15) is 29.3 Å². The summed E-state index contributed by atoms with van der Waals surface area (Å²) in [6, 6.07) is 6.15. The zero-order valence-corrected chi connectivity index (χ0v) is 17.0. The van der Waals surface area contributed by atoms with Crippen molar-refractivity contribution in [3.8, 4) is 23.3 Å². The highest BCUT2D eigenvalue weighted by molar-refractivity contribution is 5.92. The molecule has 0 amide bonds. The molecule has 2 atom stereocenters. The molecule has 4 rings (SSSR count). The molecule has 2 unspecified atom stereocenters. The maximum absolute atomic E-state index is 6.19. The van der Waals surface area contributed by atoms with Crippen LogP contribution in [-0.2, 0) is 0 Å². The first-order valence-corrected chi connectivity index (χ1v) is 9.41. The first-order valence-electron chi connectivity index (χ1n) is 9.41. The van der Waals surface area contributed by atoms with Crippen LogP contribution in [0.1, 0.15) is 31.0 Å². The van der Waals surface area contributed by atoms with Crippen molar-refractivity contribution in [1.82, 2.24) is 19.9 Å². The number of nitrogen functional groups attached to an aromatic ring is 1. The molecule has 1 aromatic carbocycles. The van der Waals surface area contributed by atoms with Crippen LogP contribution in [0.4, 0.5) is 5.82 Å². The number of anilines is 1. The molecule has 1 saturated heterocycles. The predicted molar refractivity (Wildman–Crippen MR) is 113 cm³/mol. The maximum Gasteiger partial charge on any atom is 0.147 e. The van der Waals surface area contributed by atoms with Gasteiger partial charge in [0.2, 0.25) is 0 Å². The second-order valence-electron chi connectivity index (χ2n) is 7.29. The Labute approximate surface area is 170 Å². The van der Waals surface area contributed by atoms with Crippen LogP contribution in [-0.4, -0.2) is 41.3 Å². The number of hydrogen-bond acceptors (Lipinski definition) is 6. The zero-order valence-electron chi connectivity index (χ0n) is 17.0. The van der Waals surface area contributed by atoms with Gasteiger partial charge < -0.3 is 25.1 Å². The van der Waals surface area contributed by atoms with E-state index in [1.165, 1.54) is 12.2 Å². The SMILES string of the molecule is COc1cc(C#Cc2cn(C3CNC3[C](C)C)c3ncnc(N)c23)cc(OC)c1. The van der Waals surface area contributed by atoms with Gasteiger partial charge >= 0.3 is 0 Å². The Morgan fingerprint density at radius 3 is 2.45 bits per heavy atom. The fourth-order valence-corrected chi connectivity index (χ4v) is 3.66. The van der Waals surface area contributed by atoms with Crippen molar-refractivity contribution < 1.29 is 9.47 Å². The van der Waals surface area contributed by atoms with E-state index in [9.17, 15) is 0 Å². The van der Waals surface area contributed by atoms with Crippen LogP contribution in [0.15, 0.2) is 30.7 Å². The summed E-state index contributed by atoms with van der Waals surface area (Å²) >= 11 is 0. The Morgan fingerprint density at radius 1 is 1.14 bits per heavy atom. The van der Waals surface area contributed by atoms with E-state index in [4.69, 9.17) is 15.2 Å². The average molecular weight is 390 g/mol. The molecule has 1 fully saturated rings. The van der Waals surface area contributed by atoms with Crippen molar-refractivity contribution in [2.45, 2.75) is 25.9 Å². The van der Waals surface area contributed by atoms with Gasteiger partial charge in [-0.25, -0.2) is 9.97 Å². The van der Waals surface area contributed by atoms with Crippen molar-refractivity contribution in [1.29, 1.82) is 0 Å². The fourth-order valence-electron chi connectivity index (χ4n) is 3.66. The molecule has 3 N–H and O–H groups in total. The third kappa shape index (κ3) is 3.47. The molecule has 0 spiro atoms. The minimum absolute atomic E-state index is 0.282. The van der Waals surface area contributed by atoms with E-state index in [-0.39, 0.29) is 6.04 Å². The standard InChI is InChI=1S/C22H24N5O2/c1-13(2)20-18(10-24-20)27-11-15(19-21(23)25-12-26-22(19)27)6-5-14-7-16(28-3)9-17(8-14)29-4/h7-9,11-12,18,20,24H,10H2,1-4H3,(H2,23,25,26). The third-order valence-corrected chi connectivity index (χ3v) is 5.24. The van der Waals surface area contributed by atoms with Gasteiger partial charge in [-0.15, -0.1) is 0 Å². The lowest BCUT2D eigenvalue weighted by Crippen LogP contribution is -2.55. The van der Waals surface area contributed by atoms with Crippen LogP contribution in [0.3, 0.4) is 0 Å². The monoisotopic (exact) mass is 390 g/mol. The number of rotatable bonds is 4. The smallest absolute Gasteiger partial charge is 0.147 e. The number of nitrogens with zero attached hydrogens (tertiary/aromatic N) is 3. The molecule has 7 heteroatoms. The van der Waals surface area contributed by atoms with Gasteiger partial charge in [-0.05, 0) is 18.1 Å². The summed E-state index contributed by atoms with van der Waals surface area (Å²) in [4.78, 5) is 8.67. The quantitative estimate of drug-likeness (QED) is 0.666. The number of methoxy groups -OCH3 is 2. The molecule has 0 aliphatic carbocycles. The number of nitrogens with one attached hydrogen (secondary N) is 1. The van der Waals surface area contributed by atoms with E-state index in [1.807, 2.05) is 24.4 Å². The van der Waals surface area contributed by atoms with Gasteiger partial charge in [0.25, 0.3) is 0 Å². The van der Waals surface area contributed by atoms with Crippen LogP contribution in [0.2, 0.25) is 0 Å². The summed E-state index contributed by atoms with van der Waals surface area (Å²) in [6.45, 7) is 5.15. The molecule has 0 saturated carbocycles. The summed E-state index contributed by atoms with van der Waals surface area (Å²) in [5.74, 6) is 9.59. The number of nitrogens with two attached hydrogens (primary N) is 1. The topological polar surface area (TPSA) is 87.2 Å². The summed E-state index contributed by atoms with van der Waals surface area (Å²) < 4.78 is 12.8. The van der Waals surface area contributed by atoms with E-state index in [0.29, 0.717) is 23.4 Å². The molecular weight excluding hydrogens is 366 g/mol. The normalized spacial score (nSPS) is 18.2. The van der Waals surface area contributed by atoms with Gasteiger partial charge in [0, 0.05) is 30.4 Å². The van der Waals surface area contributed by atoms with Crippen molar-refractivity contribution in [3.05, 3.63) is 47.8 Å². The van der Waals surface area contributed by atoms with Gasteiger partial charge in [-0.1, -0.05) is 25.7 Å². The lowest BCUT2D eigenvalue weighted by molar-refractivity contribution is 0.250. The minimum Gasteiger partial charge on any atom is -0.497 e. The molecule has 1 aliphatic heterocycles. The van der Waals surface area contributed by atoms with Gasteiger partial charge in [0.05, 0.1) is 31.2 Å². The lowest BCUT2D eigenvalue weighted by atomic mass is 9.89. The second-order valence-corrected chi connectivity index (χ2v) is 7.29. The molecule has 2 aromatic heterocycles. The minimum atomic E-state index is 0.282. The largest absolute Gasteiger partial charge is 0.497 e. The highest BCUT2D eigenvalue weighted by Gasteiger charge is 2.35. The molecule has 3 aromatic rings. The number of ether oxygens (including phenoxy) is 2. The number of fused-ring (bicyclic) bond motifs is 1. The molecule has 1 aliphatic rings. The summed E-state index contributed by atoms with van der Waals surface area (Å²) in [7, 11) is 3.24. The molecule has 29 heavy (non-hydrogen) atoms. The highest BCUT2D eigenvalue weighted by Crippen LogP contribution is 2.33. The van der Waals surface area contributed by atoms with Crippen molar-refractivity contribution in [3.63, 3.8) is 0 Å². The molecule has 7 nitrogen and oxygen atoms in total. The molecular formula is C22H24N5O2. The Morgan fingerprint density at radius 2 is 1.86 bits per heavy atom. The van der Waals surface area contributed by atoms with E-state index < -0.39 is 0 Å². The Kier molecular flexibility index (Phi) is 5.03. The Bertz CT molecular complexity index is 1090. The first-order chi connectivity index (χ1) is 14.0. The van der Waals surface area contributed by atoms with Crippen LogP contribution in [0.5, 0.6) is 11.5 Å². The fraction of sp³-hybridized carbons (Fsp3) is 0.318. The van der Waals surface area contributed by atoms with Crippen LogP contribution in [0, 0.1) is 17.8 Å². The predicted octanol–water partition coefficient (Wildman–Crippen LogP) is 2.56. The van der Waals surface area contributed by atoms with E-state index in [2.05, 4.69) is 45.5 Å². The number of hydrogen-bond donors (Lipinski definition) is 2. The van der Waals surface area contributed by atoms with E-state index in [1.54, 1.807) is 14.2 Å². The summed E-state index contributed by atoms with van der Waals surface area (Å²) in [6.07, 6.45) is 3.53. The van der Waals surface area contributed by atoms with Crippen molar-refractivity contribution >= 4 is 16.9 Å². The molecule has 149 valence electrons. The molecule has 1 radical (unpaired) electrons. The summed E-state index contributed by atoms with van der Waals surface area (Å²) in [5, 5.41) is 4.26. The van der Waals surface area contributed by atoms with Gasteiger partial charge in [-0.3, -0.25) is 0 Å². The van der Waals surface area contributed by atoms with E-state index >= 15 is 0 Å². The Balaban J connectivity index is 1.79. The second kappa shape index (κ2) is 7.64. The van der Waals surface area contributed by atoms with Gasteiger partial charge in [0.15, 0.2) is 0 Å².